The van der Waals surface area contributed by atoms with Crippen LogP contribution in [-0.4, -0.2) is 11.7 Å². The fourth-order valence-electron chi connectivity index (χ4n) is 2.53. The number of amidine groups is 1. The van der Waals surface area contributed by atoms with Crippen LogP contribution < -0.4 is 11.1 Å². The number of rotatable bonds is 3. The summed E-state index contributed by atoms with van der Waals surface area (Å²) in [7, 11) is 0. The van der Waals surface area contributed by atoms with Crippen molar-refractivity contribution in [3.05, 3.63) is 32.7 Å². The molecule has 1 aliphatic rings. The molecule has 2 rings (SSSR count). The topological polar surface area (TPSA) is 79.0 Å². The summed E-state index contributed by atoms with van der Waals surface area (Å²) in [5.74, 6) is -0.0173. The predicted molar refractivity (Wildman–Crippen MR) is 83.3 cm³/mol. The van der Waals surface area contributed by atoms with Crippen molar-refractivity contribution in [3.8, 4) is 0 Å². The Bertz CT molecular complexity index is 572. The fourth-order valence-corrected chi connectivity index (χ4v) is 3.48. The van der Waals surface area contributed by atoms with Crippen LogP contribution in [0.1, 0.15) is 53.4 Å². The molecule has 0 bridgehead atoms. The van der Waals surface area contributed by atoms with Gasteiger partial charge < -0.3 is 11.1 Å². The molecule has 5 heteroatoms. The lowest BCUT2D eigenvalue weighted by molar-refractivity contribution is 0.0976. The van der Waals surface area contributed by atoms with E-state index in [2.05, 4.69) is 5.32 Å². The van der Waals surface area contributed by atoms with Gasteiger partial charge in [0.05, 0.1) is 5.56 Å². The van der Waals surface area contributed by atoms with Crippen molar-refractivity contribution in [2.45, 2.75) is 46.0 Å². The normalized spacial score (nSPS) is 15.3. The van der Waals surface area contributed by atoms with Gasteiger partial charge in [0, 0.05) is 16.1 Å². The Morgan fingerprint density at radius 3 is 2.80 bits per heavy atom. The SMILES string of the molecule is CCc1csc(C)c1C(=O)NC(=N)C1=C(N)CCCC1. The van der Waals surface area contributed by atoms with Gasteiger partial charge >= 0.3 is 0 Å². The standard InChI is InChI=1S/C15H21N3OS/c1-3-10-8-20-9(2)13(10)15(19)18-14(17)11-6-4-5-7-12(11)16/h8H,3-7,16H2,1-2H3,(H2,17,18,19). The molecule has 4 N–H and O–H groups in total. The number of thiophene rings is 1. The molecule has 1 aliphatic carbocycles. The summed E-state index contributed by atoms with van der Waals surface area (Å²) in [5.41, 5.74) is 9.27. The largest absolute Gasteiger partial charge is 0.402 e. The predicted octanol–water partition coefficient (Wildman–Crippen LogP) is 3.11. The van der Waals surface area contributed by atoms with Gasteiger partial charge in [-0.25, -0.2) is 0 Å². The Morgan fingerprint density at radius 2 is 2.15 bits per heavy atom. The van der Waals surface area contributed by atoms with Crippen molar-refractivity contribution < 1.29 is 4.79 Å². The first kappa shape index (κ1) is 14.8. The molecule has 1 aromatic rings. The Morgan fingerprint density at radius 1 is 1.45 bits per heavy atom. The molecule has 108 valence electrons. The lowest BCUT2D eigenvalue weighted by Crippen LogP contribution is -2.33. The Labute approximate surface area is 123 Å². The zero-order valence-electron chi connectivity index (χ0n) is 12.0. The summed E-state index contributed by atoms with van der Waals surface area (Å²) in [5, 5.41) is 12.8. The van der Waals surface area contributed by atoms with Crippen LogP contribution in [0.25, 0.3) is 0 Å². The highest BCUT2D eigenvalue weighted by Gasteiger charge is 2.20. The monoisotopic (exact) mass is 291 g/mol. The number of amides is 1. The van der Waals surface area contributed by atoms with E-state index in [4.69, 9.17) is 11.1 Å². The Kier molecular flexibility index (Phi) is 4.60. The number of carbonyl (C=O) groups is 1. The van der Waals surface area contributed by atoms with Crippen LogP contribution >= 0.6 is 11.3 Å². The lowest BCUT2D eigenvalue weighted by atomic mass is 9.95. The number of allylic oxidation sites excluding steroid dienone is 1. The van der Waals surface area contributed by atoms with Crippen LogP contribution in [-0.2, 0) is 6.42 Å². The third-order valence-corrected chi connectivity index (χ3v) is 4.67. The second kappa shape index (κ2) is 6.22. The van der Waals surface area contributed by atoms with Gasteiger partial charge in [-0.1, -0.05) is 6.92 Å². The number of nitrogens with two attached hydrogens (primary N) is 1. The summed E-state index contributed by atoms with van der Waals surface area (Å²) < 4.78 is 0. The summed E-state index contributed by atoms with van der Waals surface area (Å²) >= 11 is 1.58. The molecule has 0 atom stereocenters. The first-order chi connectivity index (χ1) is 9.54. The van der Waals surface area contributed by atoms with Gasteiger partial charge in [-0.3, -0.25) is 10.2 Å². The minimum absolute atomic E-state index is 0.167. The molecule has 20 heavy (non-hydrogen) atoms. The van der Waals surface area contributed by atoms with Gasteiger partial charge in [-0.15, -0.1) is 11.3 Å². The van der Waals surface area contributed by atoms with E-state index in [1.807, 2.05) is 19.2 Å². The van der Waals surface area contributed by atoms with E-state index < -0.39 is 0 Å². The highest BCUT2D eigenvalue weighted by Crippen LogP contribution is 2.24. The molecule has 0 fully saturated rings. The highest BCUT2D eigenvalue weighted by atomic mass is 32.1. The smallest absolute Gasteiger partial charge is 0.258 e. The molecule has 0 aromatic carbocycles. The molecule has 0 aliphatic heterocycles. The molecular formula is C15H21N3OS. The van der Waals surface area contributed by atoms with Crippen LogP contribution in [0.3, 0.4) is 0 Å². The average Bonchev–Trinajstić information content (AvgIpc) is 2.80. The van der Waals surface area contributed by atoms with E-state index in [1.165, 1.54) is 0 Å². The number of nitrogens with one attached hydrogen (secondary N) is 2. The second-order valence-corrected chi connectivity index (χ2v) is 6.17. The Balaban J connectivity index is 2.15. The van der Waals surface area contributed by atoms with Crippen LogP contribution in [0.15, 0.2) is 16.7 Å². The highest BCUT2D eigenvalue weighted by molar-refractivity contribution is 7.10. The second-order valence-electron chi connectivity index (χ2n) is 5.09. The van der Waals surface area contributed by atoms with E-state index in [9.17, 15) is 4.79 Å². The van der Waals surface area contributed by atoms with Gasteiger partial charge in [0.25, 0.3) is 5.91 Å². The summed E-state index contributed by atoms with van der Waals surface area (Å²) in [4.78, 5) is 13.4. The van der Waals surface area contributed by atoms with Crippen molar-refractivity contribution in [2.75, 3.05) is 0 Å². The summed E-state index contributed by atoms with van der Waals surface area (Å²) in [6, 6.07) is 0. The first-order valence-corrected chi connectivity index (χ1v) is 7.87. The quantitative estimate of drug-likeness (QED) is 0.591. The molecule has 1 amide bonds. The number of aryl methyl sites for hydroxylation is 2. The van der Waals surface area contributed by atoms with Crippen LogP contribution in [0.4, 0.5) is 0 Å². The van der Waals surface area contributed by atoms with E-state index in [0.29, 0.717) is 0 Å². The molecule has 0 saturated heterocycles. The van der Waals surface area contributed by atoms with Crippen LogP contribution in [0, 0.1) is 12.3 Å². The van der Waals surface area contributed by atoms with E-state index in [0.717, 1.165) is 59.4 Å². The lowest BCUT2D eigenvalue weighted by Gasteiger charge is -2.18. The van der Waals surface area contributed by atoms with Gasteiger partial charge in [0.2, 0.25) is 0 Å². The van der Waals surface area contributed by atoms with Crippen molar-refractivity contribution in [1.82, 2.24) is 5.32 Å². The van der Waals surface area contributed by atoms with Crippen LogP contribution in [0.2, 0.25) is 0 Å². The number of hydrogen-bond donors (Lipinski definition) is 3. The van der Waals surface area contributed by atoms with Gasteiger partial charge in [-0.2, -0.15) is 0 Å². The Hall–Kier alpha value is -1.62. The minimum Gasteiger partial charge on any atom is -0.402 e. The molecule has 0 spiro atoms. The first-order valence-electron chi connectivity index (χ1n) is 6.99. The molecule has 4 nitrogen and oxygen atoms in total. The molecular weight excluding hydrogens is 270 g/mol. The van der Waals surface area contributed by atoms with Crippen molar-refractivity contribution in [3.63, 3.8) is 0 Å². The van der Waals surface area contributed by atoms with E-state index in [1.54, 1.807) is 11.3 Å². The molecule has 0 radical (unpaired) electrons. The molecule has 1 heterocycles. The summed E-state index contributed by atoms with van der Waals surface area (Å²) in [6.45, 7) is 3.97. The maximum absolute atomic E-state index is 12.4. The average molecular weight is 291 g/mol. The van der Waals surface area contributed by atoms with Gasteiger partial charge in [-0.05, 0) is 50.0 Å². The zero-order valence-corrected chi connectivity index (χ0v) is 12.8. The van der Waals surface area contributed by atoms with Crippen molar-refractivity contribution in [2.24, 2.45) is 5.73 Å². The third-order valence-electron chi connectivity index (χ3n) is 3.71. The minimum atomic E-state index is -0.184. The fraction of sp³-hybridized carbons (Fsp3) is 0.467. The number of carbonyl (C=O) groups excluding carboxylic acids is 1. The maximum atomic E-state index is 12.4. The molecule has 0 saturated carbocycles. The maximum Gasteiger partial charge on any atom is 0.258 e. The van der Waals surface area contributed by atoms with Crippen molar-refractivity contribution >= 4 is 23.1 Å². The molecule has 1 aromatic heterocycles. The van der Waals surface area contributed by atoms with Gasteiger partial charge in [0.1, 0.15) is 5.84 Å². The summed E-state index contributed by atoms with van der Waals surface area (Å²) in [6.07, 6.45) is 4.54. The zero-order chi connectivity index (χ0) is 14.7. The van der Waals surface area contributed by atoms with Gasteiger partial charge in [0.15, 0.2) is 0 Å². The van der Waals surface area contributed by atoms with Crippen molar-refractivity contribution in [1.29, 1.82) is 5.41 Å². The van der Waals surface area contributed by atoms with E-state index >= 15 is 0 Å². The van der Waals surface area contributed by atoms with E-state index in [-0.39, 0.29) is 11.7 Å². The number of hydrogen-bond acceptors (Lipinski definition) is 4. The third kappa shape index (κ3) is 2.93. The van der Waals surface area contributed by atoms with Crippen LogP contribution in [0.5, 0.6) is 0 Å². The molecule has 0 unspecified atom stereocenters.